The van der Waals surface area contributed by atoms with Gasteiger partial charge in [-0.3, -0.25) is 14.9 Å². The molecule has 4 amide bonds. The average molecular weight is 488 g/mol. The minimum atomic E-state index is -1.01. The Kier molecular flexibility index (Phi) is 6.48. The first-order chi connectivity index (χ1) is 17.1. The number of anilines is 1. The van der Waals surface area contributed by atoms with Gasteiger partial charge in [-0.25, -0.2) is 14.5 Å². The largest absolute Gasteiger partial charge is 0.492 e. The molecule has 4 rings (SSSR count). The number of nitrogens with one attached hydrogen (secondary N) is 1. The smallest absolute Gasteiger partial charge is 0.336 e. The number of carbonyl (C=O) groups excluding carboxylic acids is 3. The molecule has 9 heteroatoms. The quantitative estimate of drug-likeness (QED) is 0.398. The maximum atomic E-state index is 13.4. The number of rotatable bonds is 6. The van der Waals surface area contributed by atoms with Gasteiger partial charge in [0, 0.05) is 17.1 Å². The second kappa shape index (κ2) is 9.53. The summed E-state index contributed by atoms with van der Waals surface area (Å²) in [6, 6.07) is 12.4. The number of amides is 4. The number of barbiturate groups is 1. The highest BCUT2D eigenvalue weighted by molar-refractivity contribution is 6.39. The van der Waals surface area contributed by atoms with E-state index in [4.69, 9.17) is 4.74 Å². The number of hydrogen-bond donors (Lipinski definition) is 2. The molecule has 1 aliphatic heterocycles. The lowest BCUT2D eigenvalue weighted by Crippen LogP contribution is -2.54. The van der Waals surface area contributed by atoms with E-state index in [9.17, 15) is 24.3 Å². The van der Waals surface area contributed by atoms with Crippen LogP contribution >= 0.6 is 0 Å². The Morgan fingerprint density at radius 2 is 1.75 bits per heavy atom. The van der Waals surface area contributed by atoms with E-state index in [2.05, 4.69) is 5.32 Å². The zero-order valence-corrected chi connectivity index (χ0v) is 20.3. The van der Waals surface area contributed by atoms with Gasteiger partial charge in [0.15, 0.2) is 0 Å². The normalized spacial score (nSPS) is 14.8. The minimum absolute atomic E-state index is 0.183. The molecule has 0 radical (unpaired) electrons. The van der Waals surface area contributed by atoms with E-state index in [-0.39, 0.29) is 16.8 Å². The predicted octanol–water partition coefficient (Wildman–Crippen LogP) is 4.17. The second-order valence-electron chi connectivity index (χ2n) is 8.33. The summed E-state index contributed by atoms with van der Waals surface area (Å²) in [5, 5.41) is 11.5. The van der Waals surface area contributed by atoms with Gasteiger partial charge in [0.2, 0.25) is 0 Å². The fraction of sp³-hybridized carbons (Fsp3) is 0.185. The zero-order valence-electron chi connectivity index (χ0n) is 20.3. The first kappa shape index (κ1) is 24.5. The van der Waals surface area contributed by atoms with Crippen molar-refractivity contribution < 1.29 is 29.0 Å². The molecule has 0 atom stereocenters. The molecule has 0 aliphatic carbocycles. The average Bonchev–Trinajstić information content (AvgIpc) is 3.10. The fourth-order valence-electron chi connectivity index (χ4n) is 4.30. The molecule has 2 heterocycles. The highest BCUT2D eigenvalue weighted by atomic mass is 16.5. The number of carboxylic acid groups (broad SMARTS) is 1. The van der Waals surface area contributed by atoms with E-state index in [1.807, 2.05) is 31.4 Å². The minimum Gasteiger partial charge on any atom is -0.492 e. The highest BCUT2D eigenvalue weighted by Gasteiger charge is 2.38. The van der Waals surface area contributed by atoms with Gasteiger partial charge in [-0.05, 0) is 81.3 Å². The van der Waals surface area contributed by atoms with Crippen molar-refractivity contribution in [2.24, 2.45) is 0 Å². The summed E-state index contributed by atoms with van der Waals surface area (Å²) in [4.78, 5) is 50.9. The lowest BCUT2D eigenvalue weighted by atomic mass is 10.1. The van der Waals surface area contributed by atoms with Crippen LogP contribution in [0.15, 0.2) is 54.1 Å². The van der Waals surface area contributed by atoms with E-state index in [1.54, 1.807) is 43.3 Å². The summed E-state index contributed by atoms with van der Waals surface area (Å²) in [6.07, 6.45) is 1.46. The van der Waals surface area contributed by atoms with Crippen LogP contribution in [-0.2, 0) is 9.59 Å². The van der Waals surface area contributed by atoms with Crippen molar-refractivity contribution in [1.29, 1.82) is 0 Å². The number of imide groups is 2. The molecule has 0 unspecified atom stereocenters. The Labute approximate surface area is 207 Å². The number of ether oxygens (including phenoxy) is 1. The number of para-hydroxylation sites is 2. The van der Waals surface area contributed by atoms with Gasteiger partial charge >= 0.3 is 12.0 Å². The Morgan fingerprint density at radius 3 is 2.42 bits per heavy atom. The Bertz CT molecular complexity index is 1450. The SMILES string of the molecule is CCOc1ccccc1N1C(=O)NC(=O)/C(=C/c2cc(C)n(-c3ccc(C(=O)O)cc3C)c2C)C1=O. The van der Waals surface area contributed by atoms with Gasteiger partial charge in [-0.15, -0.1) is 0 Å². The predicted molar refractivity (Wildman–Crippen MR) is 134 cm³/mol. The zero-order chi connectivity index (χ0) is 26.1. The van der Waals surface area contributed by atoms with Crippen LogP contribution in [-0.4, -0.2) is 40.1 Å². The van der Waals surface area contributed by atoms with E-state index in [0.29, 0.717) is 17.9 Å². The number of hydrogen-bond acceptors (Lipinski definition) is 5. The van der Waals surface area contributed by atoms with Crippen molar-refractivity contribution in [2.45, 2.75) is 27.7 Å². The first-order valence-corrected chi connectivity index (χ1v) is 11.3. The van der Waals surface area contributed by atoms with Crippen LogP contribution in [0.2, 0.25) is 0 Å². The van der Waals surface area contributed by atoms with Crippen molar-refractivity contribution in [3.05, 3.63) is 82.2 Å². The Hall–Kier alpha value is -4.66. The van der Waals surface area contributed by atoms with Crippen molar-refractivity contribution >= 4 is 35.6 Å². The molecule has 0 spiro atoms. The molecular weight excluding hydrogens is 462 g/mol. The van der Waals surface area contributed by atoms with Gasteiger partial charge in [0.05, 0.1) is 17.9 Å². The molecule has 184 valence electrons. The summed E-state index contributed by atoms with van der Waals surface area (Å²) in [5.74, 6) is -2.22. The number of nitrogens with zero attached hydrogens (tertiary/aromatic N) is 2. The molecule has 0 saturated carbocycles. The van der Waals surface area contributed by atoms with Crippen molar-refractivity contribution in [1.82, 2.24) is 9.88 Å². The molecule has 0 bridgehead atoms. The van der Waals surface area contributed by atoms with Crippen LogP contribution in [0.1, 0.15) is 39.8 Å². The maximum Gasteiger partial charge on any atom is 0.336 e. The van der Waals surface area contributed by atoms with Gasteiger partial charge < -0.3 is 14.4 Å². The van der Waals surface area contributed by atoms with E-state index in [0.717, 1.165) is 27.5 Å². The van der Waals surface area contributed by atoms with Gasteiger partial charge in [0.1, 0.15) is 11.3 Å². The topological polar surface area (TPSA) is 118 Å². The third kappa shape index (κ3) is 4.26. The highest BCUT2D eigenvalue weighted by Crippen LogP contribution is 2.32. The maximum absolute atomic E-state index is 13.4. The van der Waals surface area contributed by atoms with Crippen LogP contribution < -0.4 is 15.0 Å². The van der Waals surface area contributed by atoms with Crippen LogP contribution in [0.25, 0.3) is 11.8 Å². The lowest BCUT2D eigenvalue weighted by molar-refractivity contribution is -0.122. The Morgan fingerprint density at radius 1 is 1.03 bits per heavy atom. The van der Waals surface area contributed by atoms with Crippen LogP contribution in [0.3, 0.4) is 0 Å². The van der Waals surface area contributed by atoms with Crippen molar-refractivity contribution in [2.75, 3.05) is 11.5 Å². The van der Waals surface area contributed by atoms with Gasteiger partial charge in [0.25, 0.3) is 11.8 Å². The third-order valence-electron chi connectivity index (χ3n) is 5.96. The van der Waals surface area contributed by atoms with Gasteiger partial charge in [-0.1, -0.05) is 12.1 Å². The number of aromatic carboxylic acids is 1. The molecule has 1 saturated heterocycles. The van der Waals surface area contributed by atoms with E-state index >= 15 is 0 Å². The fourth-order valence-corrected chi connectivity index (χ4v) is 4.30. The monoisotopic (exact) mass is 487 g/mol. The summed E-state index contributed by atoms with van der Waals surface area (Å²) >= 11 is 0. The van der Waals surface area contributed by atoms with E-state index in [1.165, 1.54) is 12.1 Å². The number of aromatic nitrogens is 1. The number of carbonyl (C=O) groups is 4. The molecule has 2 N–H and O–H groups in total. The summed E-state index contributed by atoms with van der Waals surface area (Å²) in [6.45, 7) is 7.65. The summed E-state index contributed by atoms with van der Waals surface area (Å²) < 4.78 is 7.49. The molecule has 1 fully saturated rings. The molecule has 36 heavy (non-hydrogen) atoms. The first-order valence-electron chi connectivity index (χ1n) is 11.3. The number of benzene rings is 2. The number of carboxylic acids is 1. The molecule has 3 aromatic rings. The Balaban J connectivity index is 1.77. The third-order valence-corrected chi connectivity index (χ3v) is 5.96. The van der Waals surface area contributed by atoms with Crippen molar-refractivity contribution in [3.63, 3.8) is 0 Å². The molecule has 1 aliphatic rings. The molecular formula is C27H25N3O6. The molecule has 1 aromatic heterocycles. The summed E-state index contributed by atoms with van der Waals surface area (Å²) in [5.41, 5.74) is 3.93. The van der Waals surface area contributed by atoms with Crippen LogP contribution in [0.5, 0.6) is 5.75 Å². The lowest BCUT2D eigenvalue weighted by Gasteiger charge is -2.27. The van der Waals surface area contributed by atoms with Crippen LogP contribution in [0, 0.1) is 20.8 Å². The van der Waals surface area contributed by atoms with Gasteiger partial charge in [-0.2, -0.15) is 0 Å². The summed E-state index contributed by atoms with van der Waals surface area (Å²) in [7, 11) is 0. The van der Waals surface area contributed by atoms with E-state index < -0.39 is 23.8 Å². The second-order valence-corrected chi connectivity index (χ2v) is 8.33. The molecule has 9 nitrogen and oxygen atoms in total. The number of urea groups is 1. The standard InChI is InChI=1S/C27H25N3O6/c1-5-36-23-9-7-6-8-22(23)30-25(32)20(24(31)28-27(30)35)14-19-13-16(3)29(17(19)4)21-11-10-18(26(33)34)12-15(21)2/h6-14H,5H2,1-4H3,(H,33,34)(H,28,31,35)/b20-14-. The molecule has 2 aromatic carbocycles. The number of aryl methyl sites for hydroxylation is 2. The van der Waals surface area contributed by atoms with Crippen molar-refractivity contribution in [3.8, 4) is 11.4 Å². The van der Waals surface area contributed by atoms with Crippen LogP contribution in [0.4, 0.5) is 10.5 Å².